The van der Waals surface area contributed by atoms with Crippen molar-refractivity contribution in [2.45, 2.75) is 45.2 Å². The fraction of sp³-hybridized carbons (Fsp3) is 0.600. The van der Waals surface area contributed by atoms with Crippen molar-refractivity contribution in [3.05, 3.63) is 41.9 Å². The van der Waals surface area contributed by atoms with Gasteiger partial charge in [0, 0.05) is 58.0 Å². The van der Waals surface area contributed by atoms with Gasteiger partial charge in [-0.05, 0) is 37.8 Å². The molecule has 0 aromatic carbocycles. The maximum absolute atomic E-state index is 12.5. The topological polar surface area (TPSA) is 54.5 Å². The number of carbonyl (C=O) groups is 1. The molecule has 2 atom stereocenters. The third kappa shape index (κ3) is 3.56. The molecular formula is C20H28N4O2. The number of nitrogens with zero attached hydrogens (tertiary/aromatic N) is 4. The van der Waals surface area contributed by atoms with Crippen molar-refractivity contribution >= 4 is 5.91 Å². The van der Waals surface area contributed by atoms with Crippen LogP contribution in [0.2, 0.25) is 0 Å². The summed E-state index contributed by atoms with van der Waals surface area (Å²) in [4.78, 5) is 21.6. The van der Waals surface area contributed by atoms with E-state index in [0.29, 0.717) is 24.3 Å². The average Bonchev–Trinajstić information content (AvgIpc) is 3.22. The Morgan fingerprint density at radius 2 is 2.19 bits per heavy atom. The molecule has 0 bridgehead atoms. The molecule has 2 saturated heterocycles. The van der Waals surface area contributed by atoms with E-state index in [4.69, 9.17) is 4.42 Å². The molecule has 0 spiro atoms. The van der Waals surface area contributed by atoms with Crippen molar-refractivity contribution < 1.29 is 9.21 Å². The number of hydrogen-bond acceptors (Lipinski definition) is 4. The van der Waals surface area contributed by atoms with Crippen molar-refractivity contribution in [3.8, 4) is 0 Å². The molecule has 2 aromatic rings. The maximum Gasteiger partial charge on any atom is 0.222 e. The van der Waals surface area contributed by atoms with Gasteiger partial charge in [-0.3, -0.25) is 9.69 Å². The van der Waals surface area contributed by atoms with Crippen molar-refractivity contribution in [1.82, 2.24) is 19.4 Å². The van der Waals surface area contributed by atoms with Gasteiger partial charge in [0.25, 0.3) is 0 Å². The van der Waals surface area contributed by atoms with E-state index in [0.717, 1.165) is 62.8 Å². The lowest BCUT2D eigenvalue weighted by molar-refractivity contribution is -0.141. The van der Waals surface area contributed by atoms with Crippen molar-refractivity contribution in [2.24, 2.45) is 13.0 Å². The number of hydrogen-bond donors (Lipinski definition) is 0. The Hall–Kier alpha value is -2.08. The highest BCUT2D eigenvalue weighted by molar-refractivity contribution is 5.77. The van der Waals surface area contributed by atoms with Crippen LogP contribution >= 0.6 is 0 Å². The van der Waals surface area contributed by atoms with Gasteiger partial charge in [0.2, 0.25) is 5.91 Å². The Bertz CT molecular complexity index is 765. The number of rotatable bonds is 5. The quantitative estimate of drug-likeness (QED) is 0.825. The van der Waals surface area contributed by atoms with E-state index in [1.54, 1.807) is 0 Å². The number of likely N-dealkylation sites (tertiary alicyclic amines) is 2. The third-order valence-electron chi connectivity index (χ3n) is 5.91. The molecule has 6 nitrogen and oxygen atoms in total. The summed E-state index contributed by atoms with van der Waals surface area (Å²) in [5.74, 6) is 3.91. The van der Waals surface area contributed by atoms with Crippen LogP contribution in [0.5, 0.6) is 0 Å². The van der Waals surface area contributed by atoms with E-state index in [1.165, 1.54) is 0 Å². The van der Waals surface area contributed by atoms with Gasteiger partial charge in [0.1, 0.15) is 17.3 Å². The Labute approximate surface area is 154 Å². The molecule has 140 valence electrons. The molecule has 2 aromatic heterocycles. The van der Waals surface area contributed by atoms with Crippen LogP contribution in [0.1, 0.15) is 36.6 Å². The summed E-state index contributed by atoms with van der Waals surface area (Å²) < 4.78 is 7.77. The van der Waals surface area contributed by atoms with E-state index in [-0.39, 0.29) is 0 Å². The van der Waals surface area contributed by atoms with Gasteiger partial charge < -0.3 is 13.9 Å². The van der Waals surface area contributed by atoms with Gasteiger partial charge in [-0.1, -0.05) is 0 Å². The van der Waals surface area contributed by atoms with Crippen LogP contribution in [0.4, 0.5) is 0 Å². The van der Waals surface area contributed by atoms with E-state index >= 15 is 0 Å². The second-order valence-electron chi connectivity index (χ2n) is 7.69. The third-order valence-corrected chi connectivity index (χ3v) is 5.91. The van der Waals surface area contributed by atoms with Crippen LogP contribution in [0.25, 0.3) is 0 Å². The first-order valence-corrected chi connectivity index (χ1v) is 9.63. The number of amides is 1. The summed E-state index contributed by atoms with van der Waals surface area (Å²) in [6.45, 7) is 5.71. The Morgan fingerprint density at radius 1 is 1.31 bits per heavy atom. The SMILES string of the molecule is Cc1ccc(CCN2C(=O)CC[C@H]3CN(Cc4nccn4C)CC[C@H]32)o1. The van der Waals surface area contributed by atoms with Crippen LogP contribution in [-0.4, -0.2) is 50.9 Å². The number of imidazole rings is 1. The summed E-state index contributed by atoms with van der Waals surface area (Å²) in [6, 6.07) is 4.40. The Morgan fingerprint density at radius 3 is 2.92 bits per heavy atom. The smallest absolute Gasteiger partial charge is 0.222 e. The van der Waals surface area contributed by atoms with E-state index in [1.807, 2.05) is 38.5 Å². The molecular weight excluding hydrogens is 328 g/mol. The molecule has 0 unspecified atom stereocenters. The van der Waals surface area contributed by atoms with Gasteiger partial charge in [-0.15, -0.1) is 0 Å². The van der Waals surface area contributed by atoms with Gasteiger partial charge in [-0.25, -0.2) is 4.98 Å². The zero-order valence-electron chi connectivity index (χ0n) is 15.7. The highest BCUT2D eigenvalue weighted by Crippen LogP contribution is 2.32. The zero-order chi connectivity index (χ0) is 18.1. The molecule has 2 aliphatic rings. The number of furan rings is 1. The van der Waals surface area contributed by atoms with E-state index in [2.05, 4.69) is 19.4 Å². The summed E-state index contributed by atoms with van der Waals surface area (Å²) in [6.07, 6.45) is 7.40. The summed E-state index contributed by atoms with van der Waals surface area (Å²) in [7, 11) is 2.05. The number of carbonyl (C=O) groups excluding carboxylic acids is 1. The van der Waals surface area contributed by atoms with Crippen molar-refractivity contribution in [2.75, 3.05) is 19.6 Å². The molecule has 6 heteroatoms. The molecule has 0 N–H and O–H groups in total. The Kier molecular flexibility index (Phi) is 4.85. The Balaban J connectivity index is 1.38. The van der Waals surface area contributed by atoms with Crippen molar-refractivity contribution in [3.63, 3.8) is 0 Å². The number of piperidine rings is 2. The lowest BCUT2D eigenvalue weighted by Crippen LogP contribution is -2.56. The number of aryl methyl sites for hydroxylation is 2. The second-order valence-corrected chi connectivity index (χ2v) is 7.69. The van der Waals surface area contributed by atoms with Gasteiger partial charge >= 0.3 is 0 Å². The number of fused-ring (bicyclic) bond motifs is 1. The van der Waals surface area contributed by atoms with Crippen LogP contribution in [0, 0.1) is 12.8 Å². The highest BCUT2D eigenvalue weighted by Gasteiger charge is 2.39. The van der Waals surface area contributed by atoms with Crippen LogP contribution < -0.4 is 0 Å². The molecule has 0 saturated carbocycles. The first kappa shape index (κ1) is 17.3. The fourth-order valence-electron chi connectivity index (χ4n) is 4.46. The molecule has 0 radical (unpaired) electrons. The minimum atomic E-state index is 0.312. The normalized spacial score (nSPS) is 24.1. The fourth-order valence-corrected chi connectivity index (χ4v) is 4.46. The minimum Gasteiger partial charge on any atom is -0.466 e. The van der Waals surface area contributed by atoms with Crippen LogP contribution in [0.15, 0.2) is 28.9 Å². The molecule has 0 aliphatic carbocycles. The largest absolute Gasteiger partial charge is 0.466 e. The summed E-state index contributed by atoms with van der Waals surface area (Å²) in [5.41, 5.74) is 0. The first-order valence-electron chi connectivity index (χ1n) is 9.63. The standard InChI is InChI=1S/C20H28N4O2/c1-15-3-5-17(26-15)7-11-24-18-8-10-23(13-16(18)4-6-20(24)25)14-19-21-9-12-22(19)2/h3,5,9,12,16,18H,4,6-8,10-11,13-14H2,1-2H3/t16-,18+/m0/s1. The average molecular weight is 356 g/mol. The molecule has 2 aliphatic heterocycles. The van der Waals surface area contributed by atoms with Crippen LogP contribution in [-0.2, 0) is 24.8 Å². The zero-order valence-corrected chi connectivity index (χ0v) is 15.7. The lowest BCUT2D eigenvalue weighted by Gasteiger charge is -2.47. The van der Waals surface area contributed by atoms with Gasteiger partial charge in [0.05, 0.1) is 6.54 Å². The van der Waals surface area contributed by atoms with Gasteiger partial charge in [-0.2, -0.15) is 0 Å². The molecule has 4 rings (SSSR count). The first-order chi connectivity index (χ1) is 12.6. The van der Waals surface area contributed by atoms with Crippen molar-refractivity contribution in [1.29, 1.82) is 0 Å². The molecule has 26 heavy (non-hydrogen) atoms. The lowest BCUT2D eigenvalue weighted by atomic mass is 9.83. The highest BCUT2D eigenvalue weighted by atomic mass is 16.3. The molecule has 4 heterocycles. The van der Waals surface area contributed by atoms with Crippen LogP contribution in [0.3, 0.4) is 0 Å². The number of aromatic nitrogens is 2. The monoisotopic (exact) mass is 356 g/mol. The second kappa shape index (κ2) is 7.27. The predicted molar refractivity (Wildman–Crippen MR) is 98.5 cm³/mol. The molecule has 2 fully saturated rings. The minimum absolute atomic E-state index is 0.312. The predicted octanol–water partition coefficient (Wildman–Crippen LogP) is 2.38. The van der Waals surface area contributed by atoms with Gasteiger partial charge in [0.15, 0.2) is 0 Å². The summed E-state index contributed by atoms with van der Waals surface area (Å²) in [5, 5.41) is 0. The van der Waals surface area contributed by atoms with E-state index in [9.17, 15) is 4.79 Å². The maximum atomic E-state index is 12.5. The molecule has 1 amide bonds. The van der Waals surface area contributed by atoms with E-state index < -0.39 is 0 Å². The summed E-state index contributed by atoms with van der Waals surface area (Å²) >= 11 is 0.